The van der Waals surface area contributed by atoms with Gasteiger partial charge >= 0.3 is 0 Å². The topological polar surface area (TPSA) is 62.8 Å². The van der Waals surface area contributed by atoms with Gasteiger partial charge in [-0.25, -0.2) is 4.98 Å². The van der Waals surface area contributed by atoms with Crippen LogP contribution >= 0.6 is 0 Å². The summed E-state index contributed by atoms with van der Waals surface area (Å²) >= 11 is 0. The number of aryl methyl sites for hydroxylation is 1. The summed E-state index contributed by atoms with van der Waals surface area (Å²) in [5.74, 6) is 3.28. The number of likely N-dealkylation sites (N-methyl/N-ethyl adjacent to an activating group) is 1. The van der Waals surface area contributed by atoms with Crippen molar-refractivity contribution in [1.29, 1.82) is 0 Å². The summed E-state index contributed by atoms with van der Waals surface area (Å²) in [7, 11) is 3.80. The van der Waals surface area contributed by atoms with Crippen LogP contribution in [0.3, 0.4) is 0 Å². The number of aromatic nitrogens is 2. The molecule has 7 nitrogen and oxygen atoms in total. The Hall–Kier alpha value is -2.54. The van der Waals surface area contributed by atoms with Crippen molar-refractivity contribution in [2.24, 2.45) is 0 Å². The lowest BCUT2D eigenvalue weighted by Gasteiger charge is -2.33. The summed E-state index contributed by atoms with van der Waals surface area (Å²) in [6, 6.07) is 9.61. The van der Waals surface area contributed by atoms with Crippen molar-refractivity contribution in [1.82, 2.24) is 14.9 Å². The van der Waals surface area contributed by atoms with E-state index in [9.17, 15) is 0 Å². The molecular formula is C19H27N5O2. The minimum Gasteiger partial charge on any atom is -0.497 e. The van der Waals surface area contributed by atoms with E-state index in [-0.39, 0.29) is 0 Å². The highest BCUT2D eigenvalue weighted by atomic mass is 16.5. The zero-order chi connectivity index (χ0) is 18.4. The zero-order valence-electron chi connectivity index (χ0n) is 15.7. The van der Waals surface area contributed by atoms with E-state index < -0.39 is 0 Å². The molecule has 26 heavy (non-hydrogen) atoms. The van der Waals surface area contributed by atoms with Gasteiger partial charge in [0.25, 0.3) is 0 Å². The number of rotatable bonds is 7. The molecule has 1 aromatic carbocycles. The maximum Gasteiger partial charge on any atom is 0.224 e. The molecule has 2 aromatic rings. The summed E-state index contributed by atoms with van der Waals surface area (Å²) in [6.45, 7) is 7.27. The largest absolute Gasteiger partial charge is 0.497 e. The molecule has 0 amide bonds. The van der Waals surface area contributed by atoms with Crippen LogP contribution in [0.1, 0.15) is 5.69 Å². The Morgan fingerprint density at radius 3 is 2.42 bits per heavy atom. The van der Waals surface area contributed by atoms with Gasteiger partial charge in [0, 0.05) is 37.9 Å². The third-order valence-corrected chi connectivity index (χ3v) is 4.38. The van der Waals surface area contributed by atoms with E-state index in [1.165, 1.54) is 0 Å². The lowest BCUT2D eigenvalue weighted by Crippen LogP contribution is -2.44. The maximum atomic E-state index is 5.73. The van der Waals surface area contributed by atoms with Crippen LogP contribution in [-0.4, -0.2) is 68.4 Å². The summed E-state index contributed by atoms with van der Waals surface area (Å²) in [6.07, 6.45) is 0. The molecule has 1 aliphatic heterocycles. The van der Waals surface area contributed by atoms with Gasteiger partial charge in [0.1, 0.15) is 23.9 Å². The van der Waals surface area contributed by atoms with Crippen molar-refractivity contribution >= 4 is 11.8 Å². The number of methoxy groups -OCH3 is 1. The van der Waals surface area contributed by atoms with Crippen molar-refractivity contribution in [2.45, 2.75) is 6.92 Å². The third-order valence-electron chi connectivity index (χ3n) is 4.38. The van der Waals surface area contributed by atoms with E-state index in [0.717, 1.165) is 49.2 Å². The molecule has 3 rings (SSSR count). The third kappa shape index (κ3) is 4.98. The van der Waals surface area contributed by atoms with Crippen LogP contribution in [0.4, 0.5) is 11.8 Å². The highest BCUT2D eigenvalue weighted by Crippen LogP contribution is 2.18. The first-order valence-corrected chi connectivity index (χ1v) is 8.94. The molecular weight excluding hydrogens is 330 g/mol. The van der Waals surface area contributed by atoms with Gasteiger partial charge in [0.2, 0.25) is 5.95 Å². The molecule has 0 spiro atoms. The summed E-state index contributed by atoms with van der Waals surface area (Å²) in [5.41, 5.74) is 0.965. The van der Waals surface area contributed by atoms with Gasteiger partial charge in [-0.2, -0.15) is 4.98 Å². The van der Waals surface area contributed by atoms with Crippen molar-refractivity contribution in [3.05, 3.63) is 36.0 Å². The molecule has 2 heterocycles. The summed E-state index contributed by atoms with van der Waals surface area (Å²) in [4.78, 5) is 13.8. The normalized spacial score (nSPS) is 15.0. The number of hydrogen-bond acceptors (Lipinski definition) is 7. The van der Waals surface area contributed by atoms with Crippen LogP contribution in [0, 0.1) is 6.92 Å². The lowest BCUT2D eigenvalue weighted by molar-refractivity contribution is 0.312. The Balaban J connectivity index is 1.51. The molecule has 0 aliphatic carbocycles. The number of benzene rings is 1. The monoisotopic (exact) mass is 357 g/mol. The quantitative estimate of drug-likeness (QED) is 0.761. The first-order valence-electron chi connectivity index (χ1n) is 8.94. The van der Waals surface area contributed by atoms with Crippen LogP contribution < -0.4 is 19.7 Å². The van der Waals surface area contributed by atoms with E-state index in [4.69, 9.17) is 9.47 Å². The maximum absolute atomic E-state index is 5.73. The van der Waals surface area contributed by atoms with E-state index in [1.807, 2.05) is 37.3 Å². The van der Waals surface area contributed by atoms with Gasteiger partial charge in [-0.15, -0.1) is 0 Å². The van der Waals surface area contributed by atoms with E-state index in [1.54, 1.807) is 7.11 Å². The Labute approximate surface area is 155 Å². The van der Waals surface area contributed by atoms with E-state index in [0.29, 0.717) is 19.1 Å². The molecule has 0 unspecified atom stereocenters. The number of anilines is 2. The molecule has 1 saturated heterocycles. The average molecular weight is 357 g/mol. The van der Waals surface area contributed by atoms with Crippen molar-refractivity contribution in [3.63, 3.8) is 0 Å². The fraction of sp³-hybridized carbons (Fsp3) is 0.474. The van der Waals surface area contributed by atoms with Gasteiger partial charge in [-0.05, 0) is 38.2 Å². The zero-order valence-corrected chi connectivity index (χ0v) is 15.7. The standard InChI is InChI=1S/C19H27N5O2/c1-15-14-18(24-11-9-23(2)10-12-24)22-19(21-15)20-8-13-26-17-6-4-16(25-3)5-7-17/h4-7,14H,8-13H2,1-3H3,(H,20,21,22). The second kappa shape index (κ2) is 8.71. The van der Waals surface area contributed by atoms with Crippen molar-refractivity contribution < 1.29 is 9.47 Å². The fourth-order valence-corrected chi connectivity index (χ4v) is 2.83. The van der Waals surface area contributed by atoms with E-state index >= 15 is 0 Å². The van der Waals surface area contributed by atoms with Crippen LogP contribution in [0.2, 0.25) is 0 Å². The fourth-order valence-electron chi connectivity index (χ4n) is 2.83. The predicted octanol–water partition coefficient (Wildman–Crippen LogP) is 2.04. The number of hydrogen-bond donors (Lipinski definition) is 1. The van der Waals surface area contributed by atoms with Crippen molar-refractivity contribution in [3.8, 4) is 11.5 Å². The molecule has 7 heteroatoms. The molecule has 0 bridgehead atoms. The smallest absolute Gasteiger partial charge is 0.224 e. The number of nitrogens with one attached hydrogen (secondary N) is 1. The Morgan fingerprint density at radius 2 is 1.73 bits per heavy atom. The molecule has 140 valence electrons. The first-order chi connectivity index (χ1) is 12.6. The SMILES string of the molecule is COc1ccc(OCCNc2nc(C)cc(N3CCN(C)CC3)n2)cc1. The average Bonchev–Trinajstić information content (AvgIpc) is 2.66. The lowest BCUT2D eigenvalue weighted by atomic mass is 10.3. The van der Waals surface area contributed by atoms with Gasteiger partial charge in [-0.1, -0.05) is 0 Å². The molecule has 0 saturated carbocycles. The Kier molecular flexibility index (Phi) is 6.12. The number of nitrogens with zero attached hydrogens (tertiary/aromatic N) is 4. The number of piperazine rings is 1. The minimum absolute atomic E-state index is 0.535. The van der Waals surface area contributed by atoms with E-state index in [2.05, 4.69) is 32.1 Å². The van der Waals surface area contributed by atoms with Gasteiger partial charge in [0.05, 0.1) is 13.7 Å². The van der Waals surface area contributed by atoms with Gasteiger partial charge in [-0.3, -0.25) is 0 Å². The molecule has 1 aromatic heterocycles. The highest BCUT2D eigenvalue weighted by Gasteiger charge is 2.16. The summed E-state index contributed by atoms with van der Waals surface area (Å²) < 4.78 is 10.9. The predicted molar refractivity (Wildman–Crippen MR) is 103 cm³/mol. The minimum atomic E-state index is 0.535. The summed E-state index contributed by atoms with van der Waals surface area (Å²) in [5, 5.41) is 3.26. The second-order valence-corrected chi connectivity index (χ2v) is 6.43. The van der Waals surface area contributed by atoms with Gasteiger partial charge < -0.3 is 24.6 Å². The molecule has 1 aliphatic rings. The Morgan fingerprint density at radius 1 is 1.04 bits per heavy atom. The molecule has 1 N–H and O–H groups in total. The van der Waals surface area contributed by atoms with Gasteiger partial charge in [0.15, 0.2) is 0 Å². The molecule has 0 radical (unpaired) electrons. The van der Waals surface area contributed by atoms with Crippen LogP contribution in [0.5, 0.6) is 11.5 Å². The Bertz CT molecular complexity index is 700. The molecule has 1 fully saturated rings. The first kappa shape index (κ1) is 18.3. The number of ether oxygens (including phenoxy) is 2. The second-order valence-electron chi connectivity index (χ2n) is 6.43. The van der Waals surface area contributed by atoms with Crippen molar-refractivity contribution in [2.75, 3.05) is 63.7 Å². The molecule has 0 atom stereocenters. The van der Waals surface area contributed by atoms with Crippen LogP contribution in [0.25, 0.3) is 0 Å². The van der Waals surface area contributed by atoms with Crippen LogP contribution in [0.15, 0.2) is 30.3 Å². The van der Waals surface area contributed by atoms with Crippen LogP contribution in [-0.2, 0) is 0 Å². The highest BCUT2D eigenvalue weighted by molar-refractivity contribution is 5.45.